The van der Waals surface area contributed by atoms with E-state index in [1.807, 2.05) is 35.0 Å². The minimum atomic E-state index is -0.234. The van der Waals surface area contributed by atoms with Crippen LogP contribution in [-0.4, -0.2) is 21.9 Å². The molecule has 2 heterocycles. The van der Waals surface area contributed by atoms with Crippen LogP contribution in [0, 0.1) is 5.82 Å². The van der Waals surface area contributed by atoms with E-state index in [0.717, 1.165) is 23.3 Å². The summed E-state index contributed by atoms with van der Waals surface area (Å²) in [5, 5.41) is 7.73. The maximum Gasteiger partial charge on any atom is 0.222 e. The van der Waals surface area contributed by atoms with Crippen molar-refractivity contribution in [1.82, 2.24) is 14.8 Å². The van der Waals surface area contributed by atoms with E-state index >= 15 is 0 Å². The van der Waals surface area contributed by atoms with Gasteiger partial charge in [-0.25, -0.2) is 9.07 Å². The zero-order valence-electron chi connectivity index (χ0n) is 13.2. The summed E-state index contributed by atoms with van der Waals surface area (Å²) in [6, 6.07) is 14.6. The lowest BCUT2D eigenvalue weighted by Crippen LogP contribution is -2.28. The molecule has 0 fully saturated rings. The van der Waals surface area contributed by atoms with Crippen LogP contribution in [0.4, 0.5) is 10.3 Å². The molecule has 0 bridgehead atoms. The Balaban J connectivity index is 1.72. The van der Waals surface area contributed by atoms with Gasteiger partial charge in [0.1, 0.15) is 17.9 Å². The van der Waals surface area contributed by atoms with Crippen molar-refractivity contribution in [3.8, 4) is 5.75 Å². The topological polar surface area (TPSA) is 52.0 Å². The summed E-state index contributed by atoms with van der Waals surface area (Å²) in [5.74, 6) is 1.29. The molecule has 2 aromatic carbocycles. The molecule has 0 amide bonds. The van der Waals surface area contributed by atoms with Crippen LogP contribution in [0.3, 0.4) is 0 Å². The Morgan fingerprint density at radius 3 is 2.79 bits per heavy atom. The molecule has 0 spiro atoms. The number of hydrogen-bond donors (Lipinski definition) is 1. The van der Waals surface area contributed by atoms with Gasteiger partial charge in [-0.3, -0.25) is 0 Å². The number of nitrogens with one attached hydrogen (secondary N) is 1. The number of hydrogen-bond acceptors (Lipinski definition) is 4. The highest BCUT2D eigenvalue weighted by molar-refractivity contribution is 5.39. The highest BCUT2D eigenvalue weighted by Crippen LogP contribution is 2.37. The lowest BCUT2D eigenvalue weighted by Gasteiger charge is -2.32. The zero-order valence-corrected chi connectivity index (χ0v) is 13.2. The third-order valence-electron chi connectivity index (χ3n) is 4.38. The smallest absolute Gasteiger partial charge is 0.222 e. The fourth-order valence-electron chi connectivity index (χ4n) is 3.16. The van der Waals surface area contributed by atoms with E-state index < -0.39 is 0 Å². The van der Waals surface area contributed by atoms with Gasteiger partial charge in [0.15, 0.2) is 0 Å². The van der Waals surface area contributed by atoms with Gasteiger partial charge >= 0.3 is 0 Å². The second kappa shape index (κ2) is 5.96. The Labute approximate surface area is 139 Å². The van der Waals surface area contributed by atoms with Gasteiger partial charge in [0.2, 0.25) is 5.95 Å². The lowest BCUT2D eigenvalue weighted by atomic mass is 9.93. The number of nitrogens with zero attached hydrogens (tertiary/aromatic N) is 3. The predicted molar refractivity (Wildman–Crippen MR) is 88.5 cm³/mol. The number of ether oxygens (including phenoxy) is 1. The highest BCUT2D eigenvalue weighted by Gasteiger charge is 2.30. The van der Waals surface area contributed by atoms with Crippen molar-refractivity contribution in [2.75, 3.05) is 12.4 Å². The maximum atomic E-state index is 13.2. The maximum absolute atomic E-state index is 13.2. The van der Waals surface area contributed by atoms with E-state index in [1.54, 1.807) is 13.4 Å². The predicted octanol–water partition coefficient (Wildman–Crippen LogP) is 3.57. The third-order valence-corrected chi connectivity index (χ3v) is 4.38. The molecule has 0 saturated heterocycles. The van der Waals surface area contributed by atoms with Crippen molar-refractivity contribution in [3.05, 3.63) is 71.8 Å². The summed E-state index contributed by atoms with van der Waals surface area (Å²) in [5.41, 5.74) is 2.13. The third kappa shape index (κ3) is 2.60. The fourth-order valence-corrected chi connectivity index (χ4v) is 3.16. The van der Waals surface area contributed by atoms with E-state index in [0.29, 0.717) is 5.95 Å². The summed E-state index contributed by atoms with van der Waals surface area (Å²) in [7, 11) is 1.66. The first kappa shape index (κ1) is 14.7. The van der Waals surface area contributed by atoms with Crippen LogP contribution in [0.15, 0.2) is 54.9 Å². The van der Waals surface area contributed by atoms with Crippen molar-refractivity contribution in [2.24, 2.45) is 0 Å². The average molecular weight is 324 g/mol. The summed E-state index contributed by atoms with van der Waals surface area (Å²) >= 11 is 0. The van der Waals surface area contributed by atoms with Gasteiger partial charge in [0.05, 0.1) is 19.2 Å². The summed E-state index contributed by atoms with van der Waals surface area (Å²) in [6.07, 6.45) is 2.33. The molecule has 0 unspecified atom stereocenters. The first-order valence-corrected chi connectivity index (χ1v) is 7.80. The molecule has 5 nitrogen and oxygen atoms in total. The Morgan fingerprint density at radius 2 is 2.00 bits per heavy atom. The Bertz CT molecular complexity index is 846. The van der Waals surface area contributed by atoms with Crippen LogP contribution < -0.4 is 10.1 Å². The van der Waals surface area contributed by atoms with Crippen LogP contribution in [-0.2, 0) is 0 Å². The number of anilines is 1. The number of benzene rings is 2. The molecule has 3 aromatic rings. The average Bonchev–Trinajstić information content (AvgIpc) is 3.10. The molecule has 0 saturated carbocycles. The molecule has 2 atom stereocenters. The summed E-state index contributed by atoms with van der Waals surface area (Å²) in [6.45, 7) is 0. The Morgan fingerprint density at radius 1 is 1.17 bits per heavy atom. The van der Waals surface area contributed by atoms with E-state index in [-0.39, 0.29) is 17.9 Å². The Kier molecular flexibility index (Phi) is 3.65. The molecule has 24 heavy (non-hydrogen) atoms. The van der Waals surface area contributed by atoms with Gasteiger partial charge in [0.25, 0.3) is 0 Å². The number of halogens is 1. The normalized spacial score (nSPS) is 19.4. The number of rotatable bonds is 3. The molecule has 122 valence electrons. The van der Waals surface area contributed by atoms with E-state index in [1.165, 1.54) is 12.1 Å². The van der Waals surface area contributed by atoms with Crippen molar-refractivity contribution in [3.63, 3.8) is 0 Å². The molecule has 4 rings (SSSR count). The molecule has 1 N–H and O–H groups in total. The molecule has 0 radical (unpaired) electrons. The fraction of sp³-hybridized carbons (Fsp3) is 0.222. The van der Waals surface area contributed by atoms with Gasteiger partial charge < -0.3 is 10.1 Å². The highest BCUT2D eigenvalue weighted by atomic mass is 19.1. The number of fused-ring (bicyclic) bond motifs is 1. The second-order valence-corrected chi connectivity index (χ2v) is 5.80. The van der Waals surface area contributed by atoms with Gasteiger partial charge in [-0.2, -0.15) is 10.1 Å². The summed E-state index contributed by atoms with van der Waals surface area (Å²) in [4.78, 5) is 4.30. The second-order valence-electron chi connectivity index (χ2n) is 5.80. The minimum Gasteiger partial charge on any atom is -0.497 e. The van der Waals surface area contributed by atoms with Crippen LogP contribution in [0.5, 0.6) is 5.75 Å². The minimum absolute atomic E-state index is 0.0360. The van der Waals surface area contributed by atoms with Crippen molar-refractivity contribution >= 4 is 5.95 Å². The zero-order chi connectivity index (χ0) is 16.5. The van der Waals surface area contributed by atoms with Crippen LogP contribution >= 0.6 is 0 Å². The number of aromatic nitrogens is 3. The first-order valence-electron chi connectivity index (χ1n) is 7.80. The monoisotopic (exact) mass is 324 g/mol. The van der Waals surface area contributed by atoms with Crippen molar-refractivity contribution < 1.29 is 9.13 Å². The van der Waals surface area contributed by atoms with Gasteiger partial charge in [-0.15, -0.1) is 0 Å². The molecule has 1 aliphatic heterocycles. The molecule has 0 aliphatic carbocycles. The molecular weight excluding hydrogens is 307 g/mol. The lowest BCUT2D eigenvalue weighted by molar-refractivity contribution is 0.406. The van der Waals surface area contributed by atoms with Gasteiger partial charge in [-0.1, -0.05) is 24.3 Å². The van der Waals surface area contributed by atoms with Crippen molar-refractivity contribution in [2.45, 2.75) is 18.5 Å². The van der Waals surface area contributed by atoms with E-state index in [4.69, 9.17) is 4.74 Å². The standard InChI is InChI=1S/C18H17FN4O/c1-24-15-4-2-3-13(9-15)17-10-16(12-5-7-14(19)8-6-12)22-18-20-11-21-23(17)18/h2-9,11,16-17H,10H2,1H3,(H,20,21,22)/t16-,17-/m1/s1. The van der Waals surface area contributed by atoms with Crippen LogP contribution in [0.25, 0.3) is 0 Å². The molecule has 6 heteroatoms. The van der Waals surface area contributed by atoms with Crippen LogP contribution in [0.2, 0.25) is 0 Å². The van der Waals surface area contributed by atoms with Gasteiger partial charge in [-0.05, 0) is 41.8 Å². The number of methoxy groups -OCH3 is 1. The molecule has 1 aliphatic rings. The molecular formula is C18H17FN4O. The first-order chi connectivity index (χ1) is 11.7. The van der Waals surface area contributed by atoms with Gasteiger partial charge in [0, 0.05) is 0 Å². The summed E-state index contributed by atoms with van der Waals surface area (Å²) < 4.78 is 20.4. The van der Waals surface area contributed by atoms with E-state index in [9.17, 15) is 4.39 Å². The molecule has 1 aromatic heterocycles. The van der Waals surface area contributed by atoms with E-state index in [2.05, 4.69) is 21.5 Å². The van der Waals surface area contributed by atoms with Crippen LogP contribution in [0.1, 0.15) is 29.6 Å². The largest absolute Gasteiger partial charge is 0.497 e. The Hall–Kier alpha value is -2.89. The SMILES string of the molecule is COc1cccc([C@H]2C[C@H](c3ccc(F)cc3)Nc3ncnn32)c1. The quantitative estimate of drug-likeness (QED) is 0.800. The van der Waals surface area contributed by atoms with Crippen molar-refractivity contribution in [1.29, 1.82) is 0 Å².